The number of benzene rings is 1. The van der Waals surface area contributed by atoms with Gasteiger partial charge in [0.25, 0.3) is 0 Å². The van der Waals surface area contributed by atoms with E-state index in [0.717, 1.165) is 0 Å². The summed E-state index contributed by atoms with van der Waals surface area (Å²) in [6, 6.07) is 3.15. The Kier molecular flexibility index (Phi) is 5.18. The van der Waals surface area contributed by atoms with Crippen LogP contribution in [0.15, 0.2) is 12.1 Å². The van der Waals surface area contributed by atoms with Gasteiger partial charge in [0.1, 0.15) is 6.10 Å². The number of rotatable bonds is 6. The fraction of sp³-hybridized carbons (Fsp3) is 0.500. The molecule has 106 valence electrons. The van der Waals surface area contributed by atoms with Gasteiger partial charge in [-0.15, -0.1) is 0 Å². The molecule has 0 saturated heterocycles. The van der Waals surface area contributed by atoms with Crippen molar-refractivity contribution in [2.75, 3.05) is 21.3 Å². The van der Waals surface area contributed by atoms with Crippen LogP contribution in [0.1, 0.15) is 25.5 Å². The summed E-state index contributed by atoms with van der Waals surface area (Å²) in [5.74, 6) is 0.737. The number of aliphatic hydroxyl groups excluding tert-OH is 1. The molecule has 5 heteroatoms. The molecule has 0 aliphatic rings. The van der Waals surface area contributed by atoms with Crippen LogP contribution in [0.4, 0.5) is 0 Å². The molecule has 1 aromatic rings. The fourth-order valence-corrected chi connectivity index (χ4v) is 1.74. The Hall–Kier alpha value is -1.75. The molecule has 1 aromatic carbocycles. The zero-order chi connectivity index (χ0) is 14.6. The molecule has 1 rings (SSSR count). The van der Waals surface area contributed by atoms with Crippen molar-refractivity contribution in [2.45, 2.75) is 20.0 Å². The molecule has 0 spiro atoms. The summed E-state index contributed by atoms with van der Waals surface area (Å²) < 4.78 is 15.5. The van der Waals surface area contributed by atoms with Crippen molar-refractivity contribution < 1.29 is 24.1 Å². The number of carbonyl (C=O) groups excluding carboxylic acids is 1. The summed E-state index contributed by atoms with van der Waals surface area (Å²) in [7, 11) is 4.46. The highest BCUT2D eigenvalue weighted by Crippen LogP contribution is 2.40. The highest BCUT2D eigenvalue weighted by Gasteiger charge is 2.23. The molecule has 0 heterocycles. The minimum atomic E-state index is -1.20. The Morgan fingerprint density at radius 1 is 1.05 bits per heavy atom. The second-order valence-electron chi connectivity index (χ2n) is 4.42. The van der Waals surface area contributed by atoms with Gasteiger partial charge in [0.15, 0.2) is 17.3 Å². The van der Waals surface area contributed by atoms with Crippen molar-refractivity contribution >= 4 is 5.78 Å². The molecular formula is C14H20O5. The predicted molar refractivity (Wildman–Crippen MR) is 70.9 cm³/mol. The van der Waals surface area contributed by atoms with E-state index in [1.807, 2.05) is 0 Å². The molecule has 0 saturated carbocycles. The first-order valence-corrected chi connectivity index (χ1v) is 5.97. The average molecular weight is 268 g/mol. The zero-order valence-corrected chi connectivity index (χ0v) is 11.9. The van der Waals surface area contributed by atoms with E-state index in [0.29, 0.717) is 22.8 Å². The first kappa shape index (κ1) is 15.3. The Bertz CT molecular complexity index is 428. The Morgan fingerprint density at radius 2 is 1.53 bits per heavy atom. The standard InChI is InChI=1S/C14H20O5/c1-8(2)12(15)13(16)9-6-10(17-3)14(19-5)11(7-9)18-4/h6-8,13,16H,1-5H3. The van der Waals surface area contributed by atoms with Crippen LogP contribution in [-0.2, 0) is 4.79 Å². The second-order valence-corrected chi connectivity index (χ2v) is 4.42. The molecule has 0 radical (unpaired) electrons. The third kappa shape index (κ3) is 3.17. The van der Waals surface area contributed by atoms with Gasteiger partial charge >= 0.3 is 0 Å². The summed E-state index contributed by atoms with van der Waals surface area (Å²) in [4.78, 5) is 11.8. The maximum absolute atomic E-state index is 11.8. The third-order valence-electron chi connectivity index (χ3n) is 2.84. The fourth-order valence-electron chi connectivity index (χ4n) is 1.74. The minimum absolute atomic E-state index is 0.255. The van der Waals surface area contributed by atoms with Crippen LogP contribution in [0.25, 0.3) is 0 Å². The van der Waals surface area contributed by atoms with Gasteiger partial charge < -0.3 is 19.3 Å². The average Bonchev–Trinajstić information content (AvgIpc) is 2.43. The van der Waals surface area contributed by atoms with E-state index in [2.05, 4.69) is 0 Å². The van der Waals surface area contributed by atoms with Gasteiger partial charge in [-0.25, -0.2) is 0 Å². The van der Waals surface area contributed by atoms with Gasteiger partial charge in [-0.05, 0) is 17.7 Å². The molecule has 0 bridgehead atoms. The van der Waals surface area contributed by atoms with Crippen molar-refractivity contribution in [3.05, 3.63) is 17.7 Å². The lowest BCUT2D eigenvalue weighted by Gasteiger charge is -2.17. The number of ketones is 1. The molecule has 0 aromatic heterocycles. The summed E-state index contributed by atoms with van der Waals surface area (Å²) in [6.07, 6.45) is -1.20. The quantitative estimate of drug-likeness (QED) is 0.854. The van der Waals surface area contributed by atoms with E-state index in [1.54, 1.807) is 26.0 Å². The van der Waals surface area contributed by atoms with Gasteiger partial charge in [-0.1, -0.05) is 13.8 Å². The van der Waals surface area contributed by atoms with E-state index in [-0.39, 0.29) is 11.7 Å². The molecule has 19 heavy (non-hydrogen) atoms. The molecule has 0 aliphatic heterocycles. The number of methoxy groups -OCH3 is 3. The van der Waals surface area contributed by atoms with Crippen molar-refractivity contribution in [3.63, 3.8) is 0 Å². The van der Waals surface area contributed by atoms with E-state index in [9.17, 15) is 9.90 Å². The van der Waals surface area contributed by atoms with E-state index < -0.39 is 6.10 Å². The summed E-state index contributed by atoms with van der Waals surface area (Å²) in [6.45, 7) is 3.48. The summed E-state index contributed by atoms with van der Waals surface area (Å²) in [5, 5.41) is 10.1. The Balaban J connectivity index is 3.26. The van der Waals surface area contributed by atoms with Crippen molar-refractivity contribution in [3.8, 4) is 17.2 Å². The number of aliphatic hydroxyl groups is 1. The number of hydrogen-bond acceptors (Lipinski definition) is 5. The first-order valence-electron chi connectivity index (χ1n) is 5.97. The smallest absolute Gasteiger partial charge is 0.203 e. The highest BCUT2D eigenvalue weighted by atomic mass is 16.5. The molecule has 1 unspecified atom stereocenters. The van der Waals surface area contributed by atoms with Gasteiger partial charge in [-0.3, -0.25) is 4.79 Å². The normalized spacial score (nSPS) is 12.2. The van der Waals surface area contributed by atoms with Crippen LogP contribution in [-0.4, -0.2) is 32.2 Å². The van der Waals surface area contributed by atoms with Gasteiger partial charge in [0.05, 0.1) is 21.3 Å². The lowest BCUT2D eigenvalue weighted by molar-refractivity contribution is -0.130. The maximum Gasteiger partial charge on any atom is 0.203 e. The summed E-state index contributed by atoms with van der Waals surface area (Å²) >= 11 is 0. The van der Waals surface area contributed by atoms with Crippen molar-refractivity contribution in [2.24, 2.45) is 5.92 Å². The second kappa shape index (κ2) is 6.43. The number of ether oxygens (including phenoxy) is 3. The Labute approximate surface area is 113 Å². The number of carbonyl (C=O) groups is 1. The maximum atomic E-state index is 11.8. The van der Waals surface area contributed by atoms with Crippen LogP contribution in [0.2, 0.25) is 0 Å². The van der Waals surface area contributed by atoms with Gasteiger partial charge in [-0.2, -0.15) is 0 Å². The molecule has 0 fully saturated rings. The van der Waals surface area contributed by atoms with Crippen LogP contribution < -0.4 is 14.2 Å². The zero-order valence-electron chi connectivity index (χ0n) is 11.9. The first-order chi connectivity index (χ1) is 8.96. The van der Waals surface area contributed by atoms with E-state index in [4.69, 9.17) is 14.2 Å². The topological polar surface area (TPSA) is 65.0 Å². The molecular weight excluding hydrogens is 248 g/mol. The molecule has 1 N–H and O–H groups in total. The van der Waals surface area contributed by atoms with Crippen LogP contribution in [0, 0.1) is 5.92 Å². The molecule has 1 atom stereocenters. The molecule has 0 amide bonds. The van der Waals surface area contributed by atoms with Crippen molar-refractivity contribution in [1.82, 2.24) is 0 Å². The lowest BCUT2D eigenvalue weighted by Crippen LogP contribution is -2.17. The Morgan fingerprint density at radius 3 is 1.84 bits per heavy atom. The van der Waals surface area contributed by atoms with Crippen LogP contribution >= 0.6 is 0 Å². The molecule has 0 aliphatic carbocycles. The van der Waals surface area contributed by atoms with Gasteiger partial charge in [0.2, 0.25) is 5.75 Å². The number of hydrogen-bond donors (Lipinski definition) is 1. The number of Topliss-reactive ketones (excluding diaryl/α,β-unsaturated/α-hetero) is 1. The van der Waals surface area contributed by atoms with E-state index in [1.165, 1.54) is 21.3 Å². The SMILES string of the molecule is COc1cc(C(O)C(=O)C(C)C)cc(OC)c1OC. The third-order valence-corrected chi connectivity index (χ3v) is 2.84. The predicted octanol–water partition coefficient (Wildman–Crippen LogP) is 1.97. The van der Waals surface area contributed by atoms with E-state index >= 15 is 0 Å². The molecule has 5 nitrogen and oxygen atoms in total. The van der Waals surface area contributed by atoms with Crippen molar-refractivity contribution in [1.29, 1.82) is 0 Å². The monoisotopic (exact) mass is 268 g/mol. The minimum Gasteiger partial charge on any atom is -0.493 e. The van der Waals surface area contributed by atoms with Crippen LogP contribution in [0.3, 0.4) is 0 Å². The summed E-state index contributed by atoms with van der Waals surface area (Å²) in [5.41, 5.74) is 0.424. The highest BCUT2D eigenvalue weighted by molar-refractivity contribution is 5.86. The van der Waals surface area contributed by atoms with Gasteiger partial charge in [0, 0.05) is 5.92 Å². The lowest BCUT2D eigenvalue weighted by atomic mass is 9.97. The van der Waals surface area contributed by atoms with Crippen LogP contribution in [0.5, 0.6) is 17.2 Å². The largest absolute Gasteiger partial charge is 0.493 e.